The molecule has 3 N–H and O–H groups in total. The highest BCUT2D eigenvalue weighted by molar-refractivity contribution is 5.59. The molecule has 29 heavy (non-hydrogen) atoms. The molecule has 0 amide bonds. The maximum Gasteiger partial charge on any atom is 0.404 e. The summed E-state index contributed by atoms with van der Waals surface area (Å²) >= 11 is 0. The molecule has 5 unspecified atom stereocenters. The molecule has 0 radical (unpaired) electrons. The van der Waals surface area contributed by atoms with Gasteiger partial charge in [0.15, 0.2) is 0 Å². The lowest BCUT2D eigenvalue weighted by Crippen LogP contribution is -2.48. The molecular formula is C18H21F5N4O2. The summed E-state index contributed by atoms with van der Waals surface area (Å²) in [5.74, 6) is -2.98. The summed E-state index contributed by atoms with van der Waals surface area (Å²) in [7, 11) is 0. The summed E-state index contributed by atoms with van der Waals surface area (Å²) in [5.41, 5.74) is 4.25. The van der Waals surface area contributed by atoms with Crippen LogP contribution in [0.3, 0.4) is 0 Å². The second-order valence-electron chi connectivity index (χ2n) is 8.12. The number of hydrogen-bond donors (Lipinski definition) is 2. The number of nitrogens with two attached hydrogens (primary N) is 1. The molecule has 4 rings (SSSR count). The van der Waals surface area contributed by atoms with E-state index in [0.717, 1.165) is 18.9 Å². The second-order valence-corrected chi connectivity index (χ2v) is 8.12. The molecule has 5 atom stereocenters. The third-order valence-corrected chi connectivity index (χ3v) is 6.15. The predicted molar refractivity (Wildman–Crippen MR) is 94.9 cm³/mol. The Hall–Kier alpha value is -2.01. The van der Waals surface area contributed by atoms with Crippen LogP contribution in [0.2, 0.25) is 0 Å². The molecule has 1 aliphatic heterocycles. The number of nitrogens with one attached hydrogen (secondary N) is 1. The Morgan fingerprint density at radius 3 is 2.48 bits per heavy atom. The predicted octanol–water partition coefficient (Wildman–Crippen LogP) is 1.83. The Bertz CT molecular complexity index is 964. The summed E-state index contributed by atoms with van der Waals surface area (Å²) in [4.78, 5) is 28.0. The van der Waals surface area contributed by atoms with Crippen molar-refractivity contribution >= 4 is 6.08 Å². The summed E-state index contributed by atoms with van der Waals surface area (Å²) in [5, 5.41) is 0. The minimum atomic E-state index is -4.76. The Labute approximate surface area is 162 Å². The zero-order chi connectivity index (χ0) is 21.2. The lowest BCUT2D eigenvalue weighted by atomic mass is 9.87. The van der Waals surface area contributed by atoms with Crippen LogP contribution in [0.5, 0.6) is 0 Å². The van der Waals surface area contributed by atoms with Crippen molar-refractivity contribution in [2.24, 2.45) is 11.7 Å². The lowest BCUT2D eigenvalue weighted by molar-refractivity contribution is -0.161. The van der Waals surface area contributed by atoms with E-state index in [1.807, 2.05) is 0 Å². The number of H-pyrrole nitrogens is 1. The fourth-order valence-electron chi connectivity index (χ4n) is 4.61. The first-order valence-corrected chi connectivity index (χ1v) is 9.47. The zero-order valence-corrected chi connectivity index (χ0v) is 15.5. The molecule has 0 aromatic carbocycles. The number of likely N-dealkylation sites (tertiary alicyclic amines) is 1. The van der Waals surface area contributed by atoms with Gasteiger partial charge in [-0.1, -0.05) is 6.92 Å². The van der Waals surface area contributed by atoms with Crippen LogP contribution < -0.4 is 17.0 Å². The minimum Gasteiger partial charge on any atom is -0.320 e. The fourth-order valence-corrected chi connectivity index (χ4v) is 4.61. The van der Waals surface area contributed by atoms with Crippen LogP contribution in [0.15, 0.2) is 15.4 Å². The molecule has 3 aliphatic rings. The van der Waals surface area contributed by atoms with Gasteiger partial charge in [-0.2, -0.15) is 13.2 Å². The topological polar surface area (TPSA) is 84.1 Å². The number of halogens is 5. The third kappa shape index (κ3) is 3.33. The van der Waals surface area contributed by atoms with E-state index in [-0.39, 0.29) is 18.2 Å². The first kappa shape index (κ1) is 20.3. The average molecular weight is 420 g/mol. The van der Waals surface area contributed by atoms with Gasteiger partial charge in [-0.25, -0.2) is 13.6 Å². The summed E-state index contributed by atoms with van der Waals surface area (Å²) in [6, 6.07) is -3.53. The van der Waals surface area contributed by atoms with E-state index in [9.17, 15) is 31.5 Å². The normalized spacial score (nSPS) is 31.5. The van der Waals surface area contributed by atoms with E-state index in [4.69, 9.17) is 5.73 Å². The van der Waals surface area contributed by atoms with Crippen LogP contribution in [0.25, 0.3) is 6.08 Å². The highest BCUT2D eigenvalue weighted by Crippen LogP contribution is 2.43. The maximum absolute atomic E-state index is 15.0. The first-order valence-electron chi connectivity index (χ1n) is 9.47. The Morgan fingerprint density at radius 2 is 1.90 bits per heavy atom. The van der Waals surface area contributed by atoms with Gasteiger partial charge in [0.1, 0.15) is 18.0 Å². The Morgan fingerprint density at radius 1 is 1.24 bits per heavy atom. The molecule has 1 saturated heterocycles. The van der Waals surface area contributed by atoms with Gasteiger partial charge in [0.25, 0.3) is 5.56 Å². The Kier molecular flexibility index (Phi) is 4.73. The van der Waals surface area contributed by atoms with Crippen molar-refractivity contribution in [2.75, 3.05) is 13.1 Å². The molecule has 0 spiro atoms. The molecule has 2 heterocycles. The van der Waals surface area contributed by atoms with E-state index in [2.05, 4.69) is 4.98 Å². The van der Waals surface area contributed by atoms with Crippen molar-refractivity contribution in [1.29, 1.82) is 0 Å². The van der Waals surface area contributed by atoms with Crippen LogP contribution in [-0.4, -0.2) is 52.0 Å². The minimum absolute atomic E-state index is 0.0253. The van der Waals surface area contributed by atoms with Crippen LogP contribution in [-0.2, 0) is 0 Å². The molecule has 0 bridgehead atoms. The maximum atomic E-state index is 15.0. The van der Waals surface area contributed by atoms with Crippen molar-refractivity contribution in [3.05, 3.63) is 37.9 Å². The van der Waals surface area contributed by atoms with E-state index in [1.165, 1.54) is 9.47 Å². The number of nitrogens with zero attached hydrogens (tertiary/aromatic N) is 2. The molecule has 1 aromatic heterocycles. The van der Waals surface area contributed by atoms with E-state index in [0.29, 0.717) is 5.69 Å². The highest BCUT2D eigenvalue weighted by atomic mass is 19.4. The zero-order valence-electron chi connectivity index (χ0n) is 15.5. The smallest absolute Gasteiger partial charge is 0.320 e. The van der Waals surface area contributed by atoms with Gasteiger partial charge in [0, 0.05) is 36.7 Å². The third-order valence-electron chi connectivity index (χ3n) is 6.15. The van der Waals surface area contributed by atoms with Gasteiger partial charge in [-0.3, -0.25) is 19.2 Å². The average Bonchev–Trinajstić information content (AvgIpc) is 3.37. The van der Waals surface area contributed by atoms with Crippen molar-refractivity contribution in [3.8, 4) is 0 Å². The van der Waals surface area contributed by atoms with Crippen molar-refractivity contribution in [3.63, 3.8) is 0 Å². The van der Waals surface area contributed by atoms with Crippen molar-refractivity contribution in [2.45, 2.75) is 56.2 Å². The molecule has 160 valence electrons. The number of aromatic amines is 1. The van der Waals surface area contributed by atoms with Gasteiger partial charge in [-0.05, 0) is 18.9 Å². The quantitative estimate of drug-likeness (QED) is 0.731. The van der Waals surface area contributed by atoms with Crippen molar-refractivity contribution < 1.29 is 22.0 Å². The van der Waals surface area contributed by atoms with Gasteiger partial charge >= 0.3 is 11.9 Å². The molecule has 11 heteroatoms. The van der Waals surface area contributed by atoms with Gasteiger partial charge in [0.05, 0.1) is 11.6 Å². The number of rotatable bonds is 3. The Balaban J connectivity index is 1.71. The lowest BCUT2D eigenvalue weighted by Gasteiger charge is -2.36. The first-order chi connectivity index (χ1) is 13.5. The van der Waals surface area contributed by atoms with E-state index < -0.39 is 59.9 Å². The van der Waals surface area contributed by atoms with Crippen LogP contribution >= 0.6 is 0 Å². The summed E-state index contributed by atoms with van der Waals surface area (Å²) < 4.78 is 69.7. The number of fused-ring (bicyclic) bond motifs is 1. The molecule has 2 aliphatic carbocycles. The second kappa shape index (κ2) is 6.76. The number of alkyl halides is 4. The van der Waals surface area contributed by atoms with Crippen LogP contribution in [0.4, 0.5) is 22.0 Å². The SMILES string of the molecule is CC1c2c(c(=O)[nH]c(=O)n2C2CC2)C=C(F)C1N1CC(F)C(C(N)C(F)(F)F)C1. The van der Waals surface area contributed by atoms with E-state index >= 15 is 0 Å². The monoisotopic (exact) mass is 420 g/mol. The molecule has 1 aromatic rings. The van der Waals surface area contributed by atoms with Gasteiger partial charge < -0.3 is 5.73 Å². The molecule has 1 saturated carbocycles. The van der Waals surface area contributed by atoms with Crippen molar-refractivity contribution in [1.82, 2.24) is 14.5 Å². The largest absolute Gasteiger partial charge is 0.404 e. The van der Waals surface area contributed by atoms with Crippen LogP contribution in [0, 0.1) is 5.92 Å². The molecule has 6 nitrogen and oxygen atoms in total. The number of hydrogen-bond acceptors (Lipinski definition) is 4. The standard InChI is InChI=1S/C18H21F5N4O2/c1-7-13-9(16(28)25-17(29)27(13)8-2-3-8)4-11(19)14(7)26-5-10(12(20)6-26)15(24)18(21,22)23/h4,7-8,10,12,14-15H,2-3,5-6,24H2,1H3,(H,25,28,29). The molecule has 2 fully saturated rings. The van der Waals surface area contributed by atoms with E-state index in [1.54, 1.807) is 6.92 Å². The van der Waals surface area contributed by atoms with Gasteiger partial charge in [0.2, 0.25) is 0 Å². The summed E-state index contributed by atoms with van der Waals surface area (Å²) in [6.45, 7) is 0.819. The highest BCUT2D eigenvalue weighted by Gasteiger charge is 2.51. The summed E-state index contributed by atoms with van der Waals surface area (Å²) in [6.07, 6.45) is -4.15. The fraction of sp³-hybridized carbons (Fsp3) is 0.667. The van der Waals surface area contributed by atoms with Gasteiger partial charge in [-0.15, -0.1) is 0 Å². The number of aromatic nitrogens is 2. The van der Waals surface area contributed by atoms with Crippen LogP contribution in [0.1, 0.15) is 43.0 Å². The molecular weight excluding hydrogens is 399 g/mol.